The highest BCUT2D eigenvalue weighted by molar-refractivity contribution is 5.71. The molecule has 3 nitrogen and oxygen atoms in total. The lowest BCUT2D eigenvalue weighted by atomic mass is 10.1. The fourth-order valence-electron chi connectivity index (χ4n) is 2.10. The van der Waals surface area contributed by atoms with Crippen LogP contribution < -0.4 is 4.74 Å². The molecule has 0 amide bonds. The molecule has 4 rings (SSSR count). The molecule has 2 aromatic carbocycles. The van der Waals surface area contributed by atoms with E-state index in [-0.39, 0.29) is 0 Å². The summed E-state index contributed by atoms with van der Waals surface area (Å²) in [7, 11) is 0. The maximum Gasteiger partial charge on any atom is 0.181 e. The van der Waals surface area contributed by atoms with E-state index in [4.69, 9.17) is 9.15 Å². The Morgan fingerprint density at radius 3 is 2.52 bits per heavy atom. The number of oxazole rings is 1. The van der Waals surface area contributed by atoms with E-state index in [0.29, 0.717) is 0 Å². The van der Waals surface area contributed by atoms with Crippen molar-refractivity contribution < 1.29 is 9.15 Å². The van der Waals surface area contributed by atoms with Gasteiger partial charge in [0.25, 0.3) is 0 Å². The summed E-state index contributed by atoms with van der Waals surface area (Å²) in [5.41, 5.74) is 3.11. The van der Waals surface area contributed by atoms with Crippen molar-refractivity contribution >= 4 is 11.1 Å². The first-order valence-electron chi connectivity index (χ1n) is 7.42. The van der Waals surface area contributed by atoms with Crippen LogP contribution in [0, 0.1) is 0 Å². The second-order valence-electron chi connectivity index (χ2n) is 4.38. The van der Waals surface area contributed by atoms with E-state index in [0.717, 1.165) is 29.9 Å². The monoisotopic (exact) mass is 283 g/mol. The molecular weight excluding hydrogens is 262 g/mol. The lowest BCUT2D eigenvalue weighted by Gasteiger charge is -2.15. The van der Waals surface area contributed by atoms with Crippen molar-refractivity contribution in [3.05, 3.63) is 60.5 Å². The van der Waals surface area contributed by atoms with Gasteiger partial charge in [0.1, 0.15) is 11.3 Å². The normalized spacial score (nSPS) is 12.1. The maximum absolute atomic E-state index is 5.42. The first-order chi connectivity index (χ1) is 10.4. The molecule has 0 radical (unpaired) electrons. The van der Waals surface area contributed by atoms with Crippen molar-refractivity contribution in [1.29, 1.82) is 0 Å². The number of hydrogen-bond donors (Lipinski definition) is 0. The van der Waals surface area contributed by atoms with Gasteiger partial charge in [-0.3, -0.25) is 0 Å². The molecule has 1 aliphatic heterocycles. The smallest absolute Gasteiger partial charge is 0.181 e. The highest BCUT2D eigenvalue weighted by Gasteiger charge is 2.06. The minimum absolute atomic E-state index is 0.845. The maximum atomic E-state index is 5.42. The van der Waals surface area contributed by atoms with Gasteiger partial charge in [-0.05, 0) is 36.6 Å². The van der Waals surface area contributed by atoms with Gasteiger partial charge in [-0.1, -0.05) is 44.2 Å². The topological polar surface area (TPSA) is 35.3 Å². The molecule has 1 aliphatic rings. The second kappa shape index (κ2) is 8.10. The van der Waals surface area contributed by atoms with Gasteiger partial charge in [-0.25, -0.2) is 4.98 Å². The standard InChI is InChI=1S/C9H10O.C7H5NO.C2H6/c1-2-6-9-8(4-1)5-3-7-10-9;1-2-4-7-6(3-1)8-5-9-7;1-2/h1-2,4,6H,3,5,7H2;1-5H;1-2H3. The van der Waals surface area contributed by atoms with E-state index >= 15 is 0 Å². The van der Waals surface area contributed by atoms with E-state index in [9.17, 15) is 0 Å². The first-order valence-corrected chi connectivity index (χ1v) is 7.42. The van der Waals surface area contributed by atoms with E-state index in [1.807, 2.05) is 50.2 Å². The highest BCUT2D eigenvalue weighted by Crippen LogP contribution is 2.23. The fraction of sp³-hybridized carbons (Fsp3) is 0.278. The van der Waals surface area contributed by atoms with Crippen LogP contribution in [0.3, 0.4) is 0 Å². The summed E-state index contributed by atoms with van der Waals surface area (Å²) in [5, 5.41) is 0. The van der Waals surface area contributed by atoms with Gasteiger partial charge in [-0.15, -0.1) is 0 Å². The van der Waals surface area contributed by atoms with Gasteiger partial charge in [0.2, 0.25) is 0 Å². The second-order valence-corrected chi connectivity index (χ2v) is 4.38. The zero-order valence-electron chi connectivity index (χ0n) is 12.6. The lowest BCUT2D eigenvalue weighted by Crippen LogP contribution is -2.07. The number of fused-ring (bicyclic) bond motifs is 2. The molecule has 0 saturated heterocycles. The van der Waals surface area contributed by atoms with Crippen molar-refractivity contribution in [1.82, 2.24) is 4.98 Å². The molecule has 0 N–H and O–H groups in total. The Hall–Kier alpha value is -2.29. The summed E-state index contributed by atoms with van der Waals surface area (Å²) in [6.07, 6.45) is 3.79. The predicted octanol–water partition coefficient (Wildman–Crippen LogP) is 4.87. The third kappa shape index (κ3) is 4.09. The van der Waals surface area contributed by atoms with Gasteiger partial charge < -0.3 is 9.15 Å². The molecule has 0 aliphatic carbocycles. The fourth-order valence-corrected chi connectivity index (χ4v) is 2.10. The predicted molar refractivity (Wildman–Crippen MR) is 85.6 cm³/mol. The Morgan fingerprint density at radius 1 is 0.952 bits per heavy atom. The molecule has 3 heteroatoms. The van der Waals surface area contributed by atoms with Crippen LogP contribution in [0.2, 0.25) is 0 Å². The molecule has 3 aromatic rings. The Balaban J connectivity index is 0.000000138. The molecular formula is C18H21NO2. The zero-order chi connectivity index (χ0) is 14.9. The number of rotatable bonds is 0. The van der Waals surface area contributed by atoms with Crippen molar-refractivity contribution in [2.24, 2.45) is 0 Å². The Bertz CT molecular complexity index is 606. The number of aryl methyl sites for hydroxylation is 1. The Labute approximate surface area is 125 Å². The van der Waals surface area contributed by atoms with Crippen LogP contribution in [0.15, 0.2) is 59.3 Å². The summed E-state index contributed by atoms with van der Waals surface area (Å²) in [4.78, 5) is 3.95. The van der Waals surface area contributed by atoms with E-state index in [2.05, 4.69) is 17.1 Å². The molecule has 0 saturated carbocycles. The largest absolute Gasteiger partial charge is 0.493 e. The Morgan fingerprint density at radius 2 is 1.71 bits per heavy atom. The summed E-state index contributed by atoms with van der Waals surface area (Å²) in [6.45, 7) is 4.89. The van der Waals surface area contributed by atoms with Crippen molar-refractivity contribution in [3.63, 3.8) is 0 Å². The van der Waals surface area contributed by atoms with Crippen LogP contribution in [0.5, 0.6) is 5.75 Å². The first kappa shape index (κ1) is 15.1. The number of hydrogen-bond acceptors (Lipinski definition) is 3. The summed E-state index contributed by atoms with van der Waals surface area (Å²) >= 11 is 0. The van der Waals surface area contributed by atoms with Crippen LogP contribution in [-0.2, 0) is 6.42 Å². The van der Waals surface area contributed by atoms with Gasteiger partial charge in [0.05, 0.1) is 6.61 Å². The van der Waals surface area contributed by atoms with E-state index < -0.39 is 0 Å². The molecule has 0 atom stereocenters. The lowest BCUT2D eigenvalue weighted by molar-refractivity contribution is 0.288. The summed E-state index contributed by atoms with van der Waals surface area (Å²) < 4.78 is 10.4. The Kier molecular flexibility index (Phi) is 5.83. The van der Waals surface area contributed by atoms with Crippen LogP contribution in [0.25, 0.3) is 11.1 Å². The summed E-state index contributed by atoms with van der Waals surface area (Å²) in [6, 6.07) is 15.9. The van der Waals surface area contributed by atoms with Crippen LogP contribution in [0.1, 0.15) is 25.8 Å². The third-order valence-electron chi connectivity index (χ3n) is 3.06. The van der Waals surface area contributed by atoms with Gasteiger partial charge >= 0.3 is 0 Å². The van der Waals surface area contributed by atoms with Crippen LogP contribution in [-0.4, -0.2) is 11.6 Å². The SMILES string of the molecule is CC.c1ccc2c(c1)CCCO2.c1ccc2ocnc2c1. The molecule has 0 unspecified atom stereocenters. The summed E-state index contributed by atoms with van der Waals surface area (Å²) in [5.74, 6) is 1.08. The third-order valence-corrected chi connectivity index (χ3v) is 3.06. The minimum atomic E-state index is 0.845. The van der Waals surface area contributed by atoms with Crippen LogP contribution >= 0.6 is 0 Å². The molecule has 0 fully saturated rings. The number of benzene rings is 2. The molecule has 21 heavy (non-hydrogen) atoms. The van der Waals surface area contributed by atoms with E-state index in [1.54, 1.807) is 0 Å². The minimum Gasteiger partial charge on any atom is -0.493 e. The highest BCUT2D eigenvalue weighted by atomic mass is 16.5. The van der Waals surface area contributed by atoms with Gasteiger partial charge in [0.15, 0.2) is 12.0 Å². The van der Waals surface area contributed by atoms with Gasteiger partial charge in [0, 0.05) is 0 Å². The molecule has 110 valence electrons. The molecule has 0 spiro atoms. The number of aromatic nitrogens is 1. The zero-order valence-corrected chi connectivity index (χ0v) is 12.6. The average molecular weight is 283 g/mol. The number of ether oxygens (including phenoxy) is 1. The number of nitrogens with zero attached hydrogens (tertiary/aromatic N) is 1. The van der Waals surface area contributed by atoms with Crippen molar-refractivity contribution in [3.8, 4) is 5.75 Å². The molecule has 1 aromatic heterocycles. The van der Waals surface area contributed by atoms with Crippen LogP contribution in [0.4, 0.5) is 0 Å². The van der Waals surface area contributed by atoms with E-state index in [1.165, 1.54) is 18.4 Å². The quantitative estimate of drug-likeness (QED) is 0.590. The molecule has 2 heterocycles. The van der Waals surface area contributed by atoms with Gasteiger partial charge in [-0.2, -0.15) is 0 Å². The van der Waals surface area contributed by atoms with Crippen molar-refractivity contribution in [2.45, 2.75) is 26.7 Å². The van der Waals surface area contributed by atoms with Crippen molar-refractivity contribution in [2.75, 3.05) is 6.61 Å². The average Bonchev–Trinajstić information content (AvgIpc) is 3.06. The number of para-hydroxylation sites is 3. The molecule has 0 bridgehead atoms.